The molecule has 0 aromatic heterocycles. The van der Waals surface area contributed by atoms with Gasteiger partial charge in [0.05, 0.1) is 7.11 Å². The van der Waals surface area contributed by atoms with Gasteiger partial charge in [0.15, 0.2) is 18.1 Å². The van der Waals surface area contributed by atoms with Gasteiger partial charge in [-0.05, 0) is 50.4 Å². The van der Waals surface area contributed by atoms with Gasteiger partial charge in [0.1, 0.15) is 0 Å². The number of rotatable bonds is 6. The standard InChI is InChI=1S/C18H26N2O3.ClH/c1-4-5-14-6-7-16(17(9-14)22-3)23-12-18(21)20-11-15(10-19)8-13(20)2;/h4-7,9,13,15H,8,10-12,19H2,1-3H3;1H/b5-4+;. The Bertz CT molecular complexity index is 577. The van der Waals surface area contributed by atoms with Gasteiger partial charge in [-0.25, -0.2) is 0 Å². The predicted molar refractivity (Wildman–Crippen MR) is 98.8 cm³/mol. The van der Waals surface area contributed by atoms with Crippen LogP contribution in [0, 0.1) is 5.92 Å². The average molecular weight is 355 g/mol. The molecule has 2 atom stereocenters. The summed E-state index contributed by atoms with van der Waals surface area (Å²) in [7, 11) is 1.60. The van der Waals surface area contributed by atoms with E-state index in [0.29, 0.717) is 24.0 Å². The lowest BCUT2D eigenvalue weighted by Gasteiger charge is -2.22. The lowest BCUT2D eigenvalue weighted by molar-refractivity contribution is -0.134. The average Bonchev–Trinajstić information content (AvgIpc) is 2.94. The number of hydrogen-bond acceptors (Lipinski definition) is 4. The Hall–Kier alpha value is -1.72. The Morgan fingerprint density at radius 3 is 2.75 bits per heavy atom. The molecule has 1 aliphatic heterocycles. The van der Waals surface area contributed by atoms with E-state index >= 15 is 0 Å². The van der Waals surface area contributed by atoms with E-state index < -0.39 is 0 Å². The number of ether oxygens (including phenoxy) is 2. The molecule has 0 saturated carbocycles. The molecule has 0 aliphatic carbocycles. The van der Waals surface area contributed by atoms with Crippen LogP contribution < -0.4 is 15.2 Å². The molecule has 1 fully saturated rings. The number of allylic oxidation sites excluding steroid dienone is 1. The van der Waals surface area contributed by atoms with Crippen LogP contribution in [0.15, 0.2) is 24.3 Å². The van der Waals surface area contributed by atoms with E-state index in [1.54, 1.807) is 7.11 Å². The smallest absolute Gasteiger partial charge is 0.260 e. The normalized spacial score (nSPS) is 20.1. The Morgan fingerprint density at radius 1 is 1.42 bits per heavy atom. The van der Waals surface area contributed by atoms with E-state index in [1.165, 1.54) is 0 Å². The number of carbonyl (C=O) groups is 1. The number of halogens is 1. The molecular weight excluding hydrogens is 328 g/mol. The number of nitrogens with two attached hydrogens (primary N) is 1. The maximum absolute atomic E-state index is 12.4. The minimum Gasteiger partial charge on any atom is -0.493 e. The Kier molecular flexibility index (Phi) is 8.08. The second-order valence-corrected chi connectivity index (χ2v) is 5.93. The van der Waals surface area contributed by atoms with Gasteiger partial charge < -0.3 is 20.1 Å². The number of nitrogens with zero attached hydrogens (tertiary/aromatic N) is 1. The van der Waals surface area contributed by atoms with Crippen LogP contribution in [0.2, 0.25) is 0 Å². The van der Waals surface area contributed by atoms with Crippen LogP contribution in [-0.4, -0.2) is 43.7 Å². The Morgan fingerprint density at radius 2 is 2.17 bits per heavy atom. The lowest BCUT2D eigenvalue weighted by atomic mass is 10.1. The van der Waals surface area contributed by atoms with E-state index in [9.17, 15) is 4.79 Å². The maximum Gasteiger partial charge on any atom is 0.260 e. The second-order valence-electron chi connectivity index (χ2n) is 5.93. The van der Waals surface area contributed by atoms with Crippen LogP contribution in [0.5, 0.6) is 11.5 Å². The molecule has 2 N–H and O–H groups in total. The third-order valence-electron chi connectivity index (χ3n) is 4.21. The van der Waals surface area contributed by atoms with Crippen molar-refractivity contribution in [2.75, 3.05) is 26.8 Å². The summed E-state index contributed by atoms with van der Waals surface area (Å²) >= 11 is 0. The molecule has 1 heterocycles. The molecule has 2 rings (SSSR count). The first-order valence-electron chi connectivity index (χ1n) is 8.02. The zero-order valence-corrected chi connectivity index (χ0v) is 15.3. The van der Waals surface area contributed by atoms with Crippen molar-refractivity contribution < 1.29 is 14.3 Å². The van der Waals surface area contributed by atoms with Crippen molar-refractivity contribution in [2.45, 2.75) is 26.3 Å². The van der Waals surface area contributed by atoms with E-state index in [4.69, 9.17) is 15.2 Å². The number of likely N-dealkylation sites (tertiary alicyclic amines) is 1. The highest BCUT2D eigenvalue weighted by atomic mass is 35.5. The third kappa shape index (κ3) is 4.89. The highest BCUT2D eigenvalue weighted by Gasteiger charge is 2.31. The first-order valence-corrected chi connectivity index (χ1v) is 8.02. The molecule has 24 heavy (non-hydrogen) atoms. The minimum absolute atomic E-state index is 0. The van der Waals surface area contributed by atoms with Crippen LogP contribution in [0.4, 0.5) is 0 Å². The first kappa shape index (κ1) is 20.3. The molecular formula is C18H27ClN2O3. The van der Waals surface area contributed by atoms with E-state index in [-0.39, 0.29) is 31.0 Å². The molecule has 1 aliphatic rings. The van der Waals surface area contributed by atoms with E-state index in [2.05, 4.69) is 6.92 Å². The topological polar surface area (TPSA) is 64.8 Å². The molecule has 2 unspecified atom stereocenters. The number of hydrogen-bond donors (Lipinski definition) is 1. The van der Waals surface area contributed by atoms with Crippen LogP contribution in [0.3, 0.4) is 0 Å². The van der Waals surface area contributed by atoms with Crippen molar-refractivity contribution in [3.05, 3.63) is 29.8 Å². The van der Waals surface area contributed by atoms with Crippen LogP contribution >= 0.6 is 12.4 Å². The molecule has 134 valence electrons. The summed E-state index contributed by atoms with van der Waals surface area (Å²) in [4.78, 5) is 14.2. The van der Waals surface area contributed by atoms with Crippen molar-refractivity contribution >= 4 is 24.4 Å². The zero-order valence-electron chi connectivity index (χ0n) is 14.5. The number of methoxy groups -OCH3 is 1. The van der Waals surface area contributed by atoms with Gasteiger partial charge in [-0.15, -0.1) is 12.4 Å². The van der Waals surface area contributed by atoms with Gasteiger partial charge in [-0.1, -0.05) is 18.2 Å². The summed E-state index contributed by atoms with van der Waals surface area (Å²) in [5.41, 5.74) is 6.74. The molecule has 6 heteroatoms. The number of benzene rings is 1. The summed E-state index contributed by atoms with van der Waals surface area (Å²) in [5, 5.41) is 0. The van der Waals surface area contributed by atoms with Gasteiger partial charge in [-0.2, -0.15) is 0 Å². The SMILES string of the molecule is C/C=C/c1ccc(OCC(=O)N2CC(CN)CC2C)c(OC)c1.Cl. The largest absolute Gasteiger partial charge is 0.493 e. The van der Waals surface area contributed by atoms with Crippen LogP contribution in [0.25, 0.3) is 6.08 Å². The summed E-state index contributed by atoms with van der Waals surface area (Å²) in [5.74, 6) is 1.59. The molecule has 0 spiro atoms. The quantitative estimate of drug-likeness (QED) is 0.853. The van der Waals surface area contributed by atoms with Crippen molar-refractivity contribution in [1.82, 2.24) is 4.90 Å². The molecule has 1 aromatic rings. The van der Waals surface area contributed by atoms with Crippen molar-refractivity contribution in [3.8, 4) is 11.5 Å². The molecule has 0 bridgehead atoms. The van der Waals surface area contributed by atoms with E-state index in [1.807, 2.05) is 42.2 Å². The maximum atomic E-state index is 12.4. The van der Waals surface area contributed by atoms with Gasteiger partial charge in [0.25, 0.3) is 5.91 Å². The molecule has 0 radical (unpaired) electrons. The fourth-order valence-electron chi connectivity index (χ4n) is 2.98. The number of amides is 1. The monoisotopic (exact) mass is 354 g/mol. The van der Waals surface area contributed by atoms with Crippen LogP contribution in [0.1, 0.15) is 25.8 Å². The zero-order chi connectivity index (χ0) is 16.8. The predicted octanol–water partition coefficient (Wildman–Crippen LogP) is 2.72. The van der Waals surface area contributed by atoms with Crippen molar-refractivity contribution in [1.29, 1.82) is 0 Å². The summed E-state index contributed by atoms with van der Waals surface area (Å²) < 4.78 is 11.0. The Balaban J connectivity index is 0.00000288. The summed E-state index contributed by atoms with van der Waals surface area (Å²) in [6.07, 6.45) is 4.90. The van der Waals surface area contributed by atoms with Crippen LogP contribution in [-0.2, 0) is 4.79 Å². The molecule has 5 nitrogen and oxygen atoms in total. The highest BCUT2D eigenvalue weighted by molar-refractivity contribution is 5.85. The lowest BCUT2D eigenvalue weighted by Crippen LogP contribution is -2.37. The first-order chi connectivity index (χ1) is 11.1. The highest BCUT2D eigenvalue weighted by Crippen LogP contribution is 2.29. The second kappa shape index (κ2) is 9.55. The molecule has 1 amide bonds. The summed E-state index contributed by atoms with van der Waals surface area (Å²) in [6, 6.07) is 5.88. The summed E-state index contributed by atoms with van der Waals surface area (Å²) in [6.45, 7) is 5.37. The third-order valence-corrected chi connectivity index (χ3v) is 4.21. The molecule has 1 aromatic carbocycles. The fourth-order valence-corrected chi connectivity index (χ4v) is 2.98. The van der Waals surface area contributed by atoms with Gasteiger partial charge in [0, 0.05) is 12.6 Å². The van der Waals surface area contributed by atoms with Gasteiger partial charge in [-0.3, -0.25) is 4.79 Å². The van der Waals surface area contributed by atoms with Gasteiger partial charge >= 0.3 is 0 Å². The van der Waals surface area contributed by atoms with Crippen molar-refractivity contribution in [2.24, 2.45) is 11.7 Å². The van der Waals surface area contributed by atoms with Gasteiger partial charge in [0.2, 0.25) is 0 Å². The molecule has 1 saturated heterocycles. The Labute approximate surface area is 150 Å². The van der Waals surface area contributed by atoms with E-state index in [0.717, 1.165) is 18.5 Å². The number of carbonyl (C=O) groups excluding carboxylic acids is 1. The minimum atomic E-state index is -0.00645. The van der Waals surface area contributed by atoms with Crippen molar-refractivity contribution in [3.63, 3.8) is 0 Å². The fraction of sp³-hybridized carbons (Fsp3) is 0.500.